The minimum Gasteiger partial charge on any atom is -0.322 e. The van der Waals surface area contributed by atoms with Crippen LogP contribution in [-0.2, 0) is 22.7 Å². The van der Waals surface area contributed by atoms with Crippen molar-refractivity contribution in [2.75, 3.05) is 25.5 Å². The third-order valence-corrected chi connectivity index (χ3v) is 10.7. The van der Waals surface area contributed by atoms with Gasteiger partial charge in [0, 0.05) is 11.5 Å². The van der Waals surface area contributed by atoms with E-state index in [0.29, 0.717) is 36.3 Å². The van der Waals surface area contributed by atoms with Crippen molar-refractivity contribution in [3.8, 4) is 0 Å². The zero-order valence-corrected chi connectivity index (χ0v) is 20.4. The lowest BCUT2D eigenvalue weighted by atomic mass is 9.75. The molecule has 4 atom stereocenters. The summed E-state index contributed by atoms with van der Waals surface area (Å²) in [4.78, 5) is 0. The molecule has 1 aliphatic rings. The van der Waals surface area contributed by atoms with E-state index in [1.165, 1.54) is 6.42 Å². The summed E-state index contributed by atoms with van der Waals surface area (Å²) in [5.41, 5.74) is 0. The van der Waals surface area contributed by atoms with Crippen molar-refractivity contribution in [3.63, 3.8) is 0 Å². The first-order valence-corrected chi connectivity index (χ1v) is 14.5. The molecule has 0 aromatic heterocycles. The van der Waals surface area contributed by atoms with E-state index in [4.69, 9.17) is 13.6 Å². The second-order valence-corrected chi connectivity index (χ2v) is 13.1. The summed E-state index contributed by atoms with van der Waals surface area (Å²) < 4.78 is 44.5. The lowest BCUT2D eigenvalue weighted by Crippen LogP contribution is -2.35. The third kappa shape index (κ3) is 7.04. The normalized spacial score (nSPS) is 25.1. The number of rotatable bonds is 11. The fourth-order valence-electron chi connectivity index (χ4n) is 4.17. The molecular weight excluding hydrogens is 406 g/mol. The van der Waals surface area contributed by atoms with E-state index in [-0.39, 0.29) is 18.4 Å². The molecule has 1 saturated carbocycles. The van der Waals surface area contributed by atoms with Crippen molar-refractivity contribution < 1.29 is 22.7 Å². The van der Waals surface area contributed by atoms with E-state index in [1.807, 2.05) is 30.3 Å². The van der Waals surface area contributed by atoms with Crippen molar-refractivity contribution >= 4 is 20.3 Å². The monoisotopic (exact) mass is 444 g/mol. The predicted molar refractivity (Wildman–Crippen MR) is 120 cm³/mol. The maximum absolute atomic E-state index is 14.2. The van der Waals surface area contributed by atoms with Crippen LogP contribution in [-0.4, -0.2) is 31.6 Å². The largest absolute Gasteiger partial charge is 0.331 e. The minimum absolute atomic E-state index is 0.0524. The van der Waals surface area contributed by atoms with Gasteiger partial charge in [-0.1, -0.05) is 45.4 Å². The number of hydrogen-bond acceptors (Lipinski definition) is 5. The van der Waals surface area contributed by atoms with E-state index >= 15 is 0 Å². The Morgan fingerprint density at radius 3 is 2.17 bits per heavy atom. The summed E-state index contributed by atoms with van der Waals surface area (Å²) in [5.74, 6) is 1.40. The van der Waals surface area contributed by atoms with Gasteiger partial charge in [0.25, 0.3) is 0 Å². The molecule has 0 heterocycles. The Hall–Kier alpha value is -0.440. The van der Waals surface area contributed by atoms with E-state index in [1.54, 1.807) is 13.8 Å². The van der Waals surface area contributed by atoms with Crippen molar-refractivity contribution in [2.24, 2.45) is 17.8 Å². The zero-order valence-electron chi connectivity index (χ0n) is 18.6. The van der Waals surface area contributed by atoms with Crippen LogP contribution >= 0.6 is 15.0 Å². The van der Waals surface area contributed by atoms with Crippen LogP contribution < -0.4 is 5.30 Å². The predicted octanol–water partition coefficient (Wildman–Crippen LogP) is 6.33. The third-order valence-electron chi connectivity index (χ3n) is 5.74. The average Bonchev–Trinajstić information content (AvgIpc) is 2.67. The first kappa shape index (κ1) is 24.8. The van der Waals surface area contributed by atoms with Crippen molar-refractivity contribution in [1.29, 1.82) is 0 Å². The van der Waals surface area contributed by atoms with Gasteiger partial charge >= 0.3 is 7.60 Å². The minimum atomic E-state index is -3.29. The molecule has 0 radical (unpaired) electrons. The standard InChI is InChI=1S/C22H38O5P2/c1-6-25-29(24,26-7-2)16-15-28(23,20-11-9-8-10-12-20)27-22-17-19(5)13-14-21(22)18(3)4/h8-12,18-19,21-22H,6-7,13-17H2,1-5H3/t19-,21+,22-,28-/m1/s1. The number of benzene rings is 1. The molecule has 7 heteroatoms. The Balaban J connectivity index is 2.29. The highest BCUT2D eigenvalue weighted by atomic mass is 31.2. The molecule has 1 aromatic carbocycles. The summed E-state index contributed by atoms with van der Waals surface area (Å²) >= 11 is 0. The molecule has 0 unspecified atom stereocenters. The van der Waals surface area contributed by atoms with Crippen LogP contribution in [0.25, 0.3) is 0 Å². The van der Waals surface area contributed by atoms with Crippen molar-refractivity contribution in [3.05, 3.63) is 30.3 Å². The van der Waals surface area contributed by atoms with Crippen LogP contribution in [0.3, 0.4) is 0 Å². The van der Waals surface area contributed by atoms with E-state index < -0.39 is 15.0 Å². The Morgan fingerprint density at radius 2 is 1.62 bits per heavy atom. The van der Waals surface area contributed by atoms with Crippen LogP contribution in [0.5, 0.6) is 0 Å². The molecule has 5 nitrogen and oxygen atoms in total. The Kier molecular flexibility index (Phi) is 9.64. The quantitative estimate of drug-likeness (QED) is 0.373. The van der Waals surface area contributed by atoms with Gasteiger partial charge in [-0.25, -0.2) is 0 Å². The second-order valence-electron chi connectivity index (χ2n) is 8.37. The fourth-order valence-corrected chi connectivity index (χ4v) is 9.11. The maximum Gasteiger partial charge on any atom is 0.331 e. The lowest BCUT2D eigenvalue weighted by molar-refractivity contribution is 0.0499. The molecule has 29 heavy (non-hydrogen) atoms. The average molecular weight is 444 g/mol. The number of hydrogen-bond donors (Lipinski definition) is 0. The molecule has 2 rings (SSSR count). The fraction of sp³-hybridized carbons (Fsp3) is 0.727. The van der Waals surface area contributed by atoms with Gasteiger partial charge < -0.3 is 13.6 Å². The Bertz CT molecular complexity index is 696. The van der Waals surface area contributed by atoms with Crippen LogP contribution in [0.4, 0.5) is 0 Å². The van der Waals surface area contributed by atoms with Gasteiger partial charge in [0.2, 0.25) is 7.37 Å². The Labute approximate surface area is 176 Å². The summed E-state index contributed by atoms with van der Waals surface area (Å²) in [6.07, 6.45) is 3.38. The first-order valence-electron chi connectivity index (χ1n) is 10.9. The van der Waals surface area contributed by atoms with Gasteiger partial charge in [-0.3, -0.25) is 9.13 Å². The van der Waals surface area contributed by atoms with Gasteiger partial charge in [0.1, 0.15) is 0 Å². The summed E-state index contributed by atoms with van der Waals surface area (Å²) in [6.45, 7) is 10.8. The molecule has 0 aliphatic heterocycles. The smallest absolute Gasteiger partial charge is 0.322 e. The first-order chi connectivity index (χ1) is 13.7. The molecular formula is C22H38O5P2. The zero-order chi connectivity index (χ0) is 21.5. The SMILES string of the molecule is CCOP(=O)(CC[P@@](=O)(O[C@@H]1C[C@H](C)CC[C@H]1C(C)C)c1ccccc1)OCC. The van der Waals surface area contributed by atoms with Crippen molar-refractivity contribution in [1.82, 2.24) is 0 Å². The Morgan fingerprint density at radius 1 is 1.00 bits per heavy atom. The molecule has 1 aromatic rings. The van der Waals surface area contributed by atoms with Crippen LogP contribution in [0.1, 0.15) is 53.9 Å². The summed E-state index contributed by atoms with van der Waals surface area (Å²) in [7, 11) is -6.51. The highest BCUT2D eigenvalue weighted by Crippen LogP contribution is 2.56. The molecule has 0 N–H and O–H groups in total. The summed E-state index contributed by atoms with van der Waals surface area (Å²) in [6, 6.07) is 9.35. The molecule has 0 bridgehead atoms. The molecule has 0 saturated heterocycles. The van der Waals surface area contributed by atoms with Gasteiger partial charge in [0.15, 0.2) is 0 Å². The van der Waals surface area contributed by atoms with Gasteiger partial charge in [-0.2, -0.15) is 0 Å². The lowest BCUT2D eigenvalue weighted by Gasteiger charge is -2.39. The van der Waals surface area contributed by atoms with E-state index in [0.717, 1.165) is 12.8 Å². The van der Waals surface area contributed by atoms with Crippen LogP contribution in [0.15, 0.2) is 30.3 Å². The topological polar surface area (TPSA) is 61.8 Å². The van der Waals surface area contributed by atoms with E-state index in [9.17, 15) is 9.13 Å². The van der Waals surface area contributed by atoms with Gasteiger partial charge in [0.05, 0.1) is 25.5 Å². The molecule has 1 fully saturated rings. The van der Waals surface area contributed by atoms with Crippen molar-refractivity contribution in [2.45, 2.75) is 60.0 Å². The molecule has 0 amide bonds. The molecule has 166 valence electrons. The van der Waals surface area contributed by atoms with Crippen LogP contribution in [0.2, 0.25) is 0 Å². The molecule has 0 spiro atoms. The maximum atomic E-state index is 14.2. The highest BCUT2D eigenvalue weighted by molar-refractivity contribution is 7.68. The summed E-state index contributed by atoms with van der Waals surface area (Å²) in [5, 5.41) is 0.681. The highest BCUT2D eigenvalue weighted by Gasteiger charge is 2.39. The second kappa shape index (κ2) is 11.3. The van der Waals surface area contributed by atoms with E-state index in [2.05, 4.69) is 20.8 Å². The van der Waals surface area contributed by atoms with Crippen LogP contribution in [0, 0.1) is 17.8 Å². The van der Waals surface area contributed by atoms with Gasteiger partial charge in [-0.05, 0) is 56.6 Å². The molecule has 1 aliphatic carbocycles. The van der Waals surface area contributed by atoms with Gasteiger partial charge in [-0.15, -0.1) is 0 Å².